The minimum atomic E-state index is -0.262. The van der Waals surface area contributed by atoms with Crippen LogP contribution in [0.25, 0.3) is 0 Å². The van der Waals surface area contributed by atoms with E-state index in [1.165, 1.54) is 6.33 Å². The third-order valence-corrected chi connectivity index (χ3v) is 2.84. The molecule has 15 heavy (non-hydrogen) atoms. The molecule has 1 amide bonds. The van der Waals surface area contributed by atoms with Gasteiger partial charge in [-0.05, 0) is 12.8 Å². The molecule has 1 saturated carbocycles. The highest BCUT2D eigenvalue weighted by atomic mass is 16.2. The van der Waals surface area contributed by atoms with Crippen LogP contribution in [0.2, 0.25) is 0 Å². The summed E-state index contributed by atoms with van der Waals surface area (Å²) in [6, 6.07) is 0. The van der Waals surface area contributed by atoms with Crippen LogP contribution < -0.4 is 11.1 Å². The van der Waals surface area contributed by atoms with Crippen molar-refractivity contribution in [3.05, 3.63) is 12.2 Å². The van der Waals surface area contributed by atoms with Crippen molar-refractivity contribution < 1.29 is 4.79 Å². The molecule has 0 spiro atoms. The Morgan fingerprint density at radius 3 is 3.00 bits per heavy atom. The lowest BCUT2D eigenvalue weighted by Crippen LogP contribution is -2.37. The van der Waals surface area contributed by atoms with Crippen molar-refractivity contribution >= 4 is 5.91 Å². The number of aromatic amines is 1. The molecule has 0 atom stereocenters. The predicted octanol–water partition coefficient (Wildman–Crippen LogP) is -0.798. The van der Waals surface area contributed by atoms with Gasteiger partial charge in [0.05, 0.1) is 5.41 Å². The molecule has 2 rings (SSSR count). The summed E-state index contributed by atoms with van der Waals surface area (Å²) in [5, 5.41) is 9.34. The fourth-order valence-electron chi connectivity index (χ4n) is 1.51. The van der Waals surface area contributed by atoms with Gasteiger partial charge in [-0.1, -0.05) is 0 Å². The number of nitrogens with one attached hydrogen (secondary N) is 2. The molecule has 0 aromatic carbocycles. The molecule has 6 heteroatoms. The zero-order valence-corrected chi connectivity index (χ0v) is 8.49. The molecule has 1 fully saturated rings. The lowest BCUT2D eigenvalue weighted by Gasteiger charge is -2.11. The normalized spacial score (nSPS) is 17.4. The summed E-state index contributed by atoms with van der Waals surface area (Å²) >= 11 is 0. The minimum absolute atomic E-state index is 0.0736. The Morgan fingerprint density at radius 1 is 1.67 bits per heavy atom. The van der Waals surface area contributed by atoms with Gasteiger partial charge in [0, 0.05) is 19.5 Å². The first-order chi connectivity index (χ1) is 7.27. The van der Waals surface area contributed by atoms with Crippen molar-refractivity contribution in [2.45, 2.75) is 19.3 Å². The summed E-state index contributed by atoms with van der Waals surface area (Å²) in [6.45, 7) is 1.02. The molecule has 1 aromatic heterocycles. The molecule has 0 radical (unpaired) electrons. The van der Waals surface area contributed by atoms with E-state index >= 15 is 0 Å². The molecular weight excluding hydrogens is 194 g/mol. The van der Waals surface area contributed by atoms with Crippen LogP contribution in [0.5, 0.6) is 0 Å². The number of carbonyl (C=O) groups excluding carboxylic acids is 1. The van der Waals surface area contributed by atoms with E-state index in [-0.39, 0.29) is 11.3 Å². The maximum Gasteiger partial charge on any atom is 0.227 e. The zero-order valence-electron chi connectivity index (χ0n) is 8.49. The fourth-order valence-corrected chi connectivity index (χ4v) is 1.51. The first-order valence-electron chi connectivity index (χ1n) is 5.09. The van der Waals surface area contributed by atoms with Crippen molar-refractivity contribution in [2.24, 2.45) is 11.1 Å². The van der Waals surface area contributed by atoms with Gasteiger partial charge in [0.1, 0.15) is 12.2 Å². The fraction of sp³-hybridized carbons (Fsp3) is 0.667. The SMILES string of the molecule is NCC1(C(=O)NCCc2ncn[nH]2)CC1. The molecule has 1 aliphatic rings. The molecule has 1 aromatic rings. The highest BCUT2D eigenvalue weighted by Gasteiger charge is 2.48. The molecule has 82 valence electrons. The average Bonchev–Trinajstić information content (AvgIpc) is 2.90. The van der Waals surface area contributed by atoms with Gasteiger partial charge >= 0.3 is 0 Å². The Labute approximate surface area is 87.6 Å². The number of amides is 1. The largest absolute Gasteiger partial charge is 0.355 e. The average molecular weight is 209 g/mol. The van der Waals surface area contributed by atoms with Crippen LogP contribution in [0.1, 0.15) is 18.7 Å². The summed E-state index contributed by atoms with van der Waals surface area (Å²) in [7, 11) is 0. The molecule has 0 bridgehead atoms. The summed E-state index contributed by atoms with van der Waals surface area (Å²) in [5.74, 6) is 0.859. The second kappa shape index (κ2) is 3.98. The summed E-state index contributed by atoms with van der Waals surface area (Å²) in [4.78, 5) is 15.6. The maximum atomic E-state index is 11.6. The van der Waals surface area contributed by atoms with Crippen molar-refractivity contribution in [2.75, 3.05) is 13.1 Å². The second-order valence-corrected chi connectivity index (χ2v) is 3.92. The van der Waals surface area contributed by atoms with E-state index in [0.717, 1.165) is 18.7 Å². The Balaban J connectivity index is 1.72. The van der Waals surface area contributed by atoms with E-state index in [4.69, 9.17) is 5.73 Å². The Kier molecular flexibility index (Phi) is 2.68. The lowest BCUT2D eigenvalue weighted by atomic mass is 10.1. The van der Waals surface area contributed by atoms with Gasteiger partial charge in [0.15, 0.2) is 0 Å². The Hall–Kier alpha value is -1.43. The van der Waals surface area contributed by atoms with Gasteiger partial charge < -0.3 is 11.1 Å². The number of nitrogens with two attached hydrogens (primary N) is 1. The maximum absolute atomic E-state index is 11.6. The van der Waals surface area contributed by atoms with Crippen molar-refractivity contribution in [3.8, 4) is 0 Å². The number of rotatable bonds is 5. The number of hydrogen-bond donors (Lipinski definition) is 3. The topological polar surface area (TPSA) is 96.7 Å². The van der Waals surface area contributed by atoms with E-state index in [1.807, 2.05) is 0 Å². The van der Waals surface area contributed by atoms with Crippen LogP contribution in [0.15, 0.2) is 6.33 Å². The summed E-state index contributed by atoms with van der Waals surface area (Å²) < 4.78 is 0. The van der Waals surface area contributed by atoms with Gasteiger partial charge in [0.2, 0.25) is 5.91 Å². The molecule has 4 N–H and O–H groups in total. The Bertz CT molecular complexity index is 330. The smallest absolute Gasteiger partial charge is 0.227 e. The van der Waals surface area contributed by atoms with Crippen LogP contribution in [0.3, 0.4) is 0 Å². The minimum Gasteiger partial charge on any atom is -0.355 e. The van der Waals surface area contributed by atoms with Gasteiger partial charge in [0.25, 0.3) is 0 Å². The van der Waals surface area contributed by atoms with Gasteiger partial charge in [-0.25, -0.2) is 4.98 Å². The van der Waals surface area contributed by atoms with Crippen LogP contribution in [0, 0.1) is 5.41 Å². The quantitative estimate of drug-likeness (QED) is 0.591. The molecule has 1 heterocycles. The van der Waals surface area contributed by atoms with Crippen LogP contribution in [0.4, 0.5) is 0 Å². The van der Waals surface area contributed by atoms with Gasteiger partial charge in [-0.15, -0.1) is 0 Å². The number of aromatic nitrogens is 3. The highest BCUT2D eigenvalue weighted by Crippen LogP contribution is 2.44. The van der Waals surface area contributed by atoms with Crippen LogP contribution >= 0.6 is 0 Å². The lowest BCUT2D eigenvalue weighted by molar-refractivity contribution is -0.125. The number of hydrogen-bond acceptors (Lipinski definition) is 4. The molecule has 0 saturated heterocycles. The van der Waals surface area contributed by atoms with Crippen molar-refractivity contribution in [3.63, 3.8) is 0 Å². The molecule has 0 aliphatic heterocycles. The predicted molar refractivity (Wildman–Crippen MR) is 53.8 cm³/mol. The van der Waals surface area contributed by atoms with Gasteiger partial charge in [-0.3, -0.25) is 9.89 Å². The Morgan fingerprint density at radius 2 is 2.47 bits per heavy atom. The van der Waals surface area contributed by atoms with E-state index in [1.54, 1.807) is 0 Å². The summed E-state index contributed by atoms with van der Waals surface area (Å²) in [5.41, 5.74) is 5.28. The number of carbonyl (C=O) groups is 1. The van der Waals surface area contributed by atoms with E-state index < -0.39 is 0 Å². The standard InChI is InChI=1S/C9H15N5O/c10-5-9(2-3-9)8(15)11-4-1-7-12-6-13-14-7/h6H,1-5,10H2,(H,11,15)(H,12,13,14). The van der Waals surface area contributed by atoms with Gasteiger partial charge in [-0.2, -0.15) is 5.10 Å². The third-order valence-electron chi connectivity index (χ3n) is 2.84. The number of nitrogens with zero attached hydrogens (tertiary/aromatic N) is 2. The molecule has 1 aliphatic carbocycles. The van der Waals surface area contributed by atoms with Crippen LogP contribution in [-0.2, 0) is 11.2 Å². The molecule has 6 nitrogen and oxygen atoms in total. The monoisotopic (exact) mass is 209 g/mol. The van der Waals surface area contributed by atoms with E-state index in [0.29, 0.717) is 19.5 Å². The first-order valence-corrected chi connectivity index (χ1v) is 5.09. The van der Waals surface area contributed by atoms with E-state index in [2.05, 4.69) is 20.5 Å². The molecular formula is C9H15N5O. The summed E-state index contributed by atoms with van der Waals surface area (Å²) in [6.07, 6.45) is 3.96. The second-order valence-electron chi connectivity index (χ2n) is 3.92. The highest BCUT2D eigenvalue weighted by molar-refractivity contribution is 5.85. The third kappa shape index (κ3) is 2.15. The van der Waals surface area contributed by atoms with Crippen molar-refractivity contribution in [1.29, 1.82) is 0 Å². The number of H-pyrrole nitrogens is 1. The van der Waals surface area contributed by atoms with Crippen LogP contribution in [-0.4, -0.2) is 34.2 Å². The zero-order chi connectivity index (χ0) is 10.7. The van der Waals surface area contributed by atoms with E-state index in [9.17, 15) is 4.79 Å². The first kappa shape index (κ1) is 10.1. The van der Waals surface area contributed by atoms with Crippen molar-refractivity contribution in [1.82, 2.24) is 20.5 Å². The molecule has 0 unspecified atom stereocenters.